The lowest BCUT2D eigenvalue weighted by molar-refractivity contribution is -0.145. The fraction of sp³-hybridized carbons (Fsp3) is 0.435. The Labute approximate surface area is 165 Å². The van der Waals surface area contributed by atoms with Crippen molar-refractivity contribution in [3.63, 3.8) is 0 Å². The highest BCUT2D eigenvalue weighted by atomic mass is 16.5. The van der Waals surface area contributed by atoms with E-state index < -0.39 is 6.04 Å². The number of hydrogen-bond donors (Lipinski definition) is 0. The molecule has 2 aliphatic rings. The van der Waals surface area contributed by atoms with Gasteiger partial charge in [-0.2, -0.15) is 0 Å². The second-order valence-corrected chi connectivity index (χ2v) is 7.79. The Morgan fingerprint density at radius 2 is 1.82 bits per heavy atom. The predicted molar refractivity (Wildman–Crippen MR) is 107 cm³/mol. The molecular formula is C23H26N2O3. The summed E-state index contributed by atoms with van der Waals surface area (Å²) in [5, 5.41) is 0. The van der Waals surface area contributed by atoms with Crippen molar-refractivity contribution in [2.24, 2.45) is 5.92 Å². The van der Waals surface area contributed by atoms with E-state index in [0.717, 1.165) is 30.5 Å². The van der Waals surface area contributed by atoms with E-state index in [1.165, 1.54) is 13.5 Å². The quantitative estimate of drug-likeness (QED) is 0.758. The fourth-order valence-electron chi connectivity index (χ4n) is 4.79. The van der Waals surface area contributed by atoms with Gasteiger partial charge in [0.25, 0.3) is 5.91 Å². The standard InChI is InChI=1S/C23H26N2O3/c1-15-18(12-13-19(24-15)16-8-4-3-5-9-16)22(26)25-20-11-7-6-10-17(20)14-21(25)23(27)28-2/h3-5,8-9,12-13,17,20-21H,6-7,10-11,14H2,1-2H3/t17-,20-,21-/m0/s1. The van der Waals surface area contributed by atoms with Crippen molar-refractivity contribution in [3.8, 4) is 11.3 Å². The number of carbonyl (C=O) groups excluding carboxylic acids is 2. The Bertz CT molecular complexity index is 881. The van der Waals surface area contributed by atoms with Crippen molar-refractivity contribution in [1.29, 1.82) is 0 Å². The summed E-state index contributed by atoms with van der Waals surface area (Å²) in [5.41, 5.74) is 3.12. The van der Waals surface area contributed by atoms with Crippen molar-refractivity contribution >= 4 is 11.9 Å². The molecule has 0 unspecified atom stereocenters. The lowest BCUT2D eigenvalue weighted by Crippen LogP contribution is -2.46. The van der Waals surface area contributed by atoms with E-state index >= 15 is 0 Å². The molecule has 1 aliphatic heterocycles. The van der Waals surface area contributed by atoms with E-state index in [1.54, 1.807) is 4.90 Å². The number of carbonyl (C=O) groups is 2. The van der Waals surface area contributed by atoms with Crippen LogP contribution in [0.5, 0.6) is 0 Å². The zero-order chi connectivity index (χ0) is 19.7. The average Bonchev–Trinajstić information content (AvgIpc) is 3.13. The number of benzene rings is 1. The molecular weight excluding hydrogens is 352 g/mol. The normalized spacial score (nSPS) is 23.9. The topological polar surface area (TPSA) is 59.5 Å². The van der Waals surface area contributed by atoms with Gasteiger partial charge in [-0.1, -0.05) is 43.2 Å². The third-order valence-corrected chi connectivity index (χ3v) is 6.18. The maximum Gasteiger partial charge on any atom is 0.328 e. The Kier molecular flexibility index (Phi) is 5.16. The van der Waals surface area contributed by atoms with Gasteiger partial charge in [-0.3, -0.25) is 9.78 Å². The van der Waals surface area contributed by atoms with Crippen LogP contribution in [0.15, 0.2) is 42.5 Å². The van der Waals surface area contributed by atoms with Crippen molar-refractivity contribution in [1.82, 2.24) is 9.88 Å². The molecule has 1 saturated heterocycles. The van der Waals surface area contributed by atoms with Gasteiger partial charge in [-0.25, -0.2) is 4.79 Å². The summed E-state index contributed by atoms with van der Waals surface area (Å²) in [7, 11) is 1.40. The van der Waals surface area contributed by atoms with Crippen LogP contribution < -0.4 is 0 Å². The van der Waals surface area contributed by atoms with E-state index in [-0.39, 0.29) is 17.9 Å². The van der Waals surface area contributed by atoms with Gasteiger partial charge in [0.2, 0.25) is 0 Å². The molecule has 1 aromatic heterocycles. The van der Waals surface area contributed by atoms with Gasteiger partial charge in [0.1, 0.15) is 6.04 Å². The molecule has 1 saturated carbocycles. The van der Waals surface area contributed by atoms with Crippen LogP contribution in [-0.2, 0) is 9.53 Å². The number of esters is 1. The first-order chi connectivity index (χ1) is 13.6. The van der Waals surface area contributed by atoms with Gasteiger partial charge >= 0.3 is 5.97 Å². The van der Waals surface area contributed by atoms with Gasteiger partial charge in [0, 0.05) is 11.6 Å². The van der Waals surface area contributed by atoms with Crippen LogP contribution in [0.3, 0.4) is 0 Å². The first-order valence-corrected chi connectivity index (χ1v) is 10.0. The number of rotatable bonds is 3. The summed E-state index contributed by atoms with van der Waals surface area (Å²) < 4.78 is 5.02. The number of pyridine rings is 1. The largest absolute Gasteiger partial charge is 0.467 e. The van der Waals surface area contributed by atoms with Gasteiger partial charge in [0.15, 0.2) is 0 Å². The second-order valence-electron chi connectivity index (χ2n) is 7.79. The number of aryl methyl sites for hydroxylation is 1. The lowest BCUT2D eigenvalue weighted by Gasteiger charge is -2.33. The van der Waals surface area contributed by atoms with Crippen LogP contribution in [0.1, 0.15) is 48.2 Å². The number of aromatic nitrogens is 1. The van der Waals surface area contributed by atoms with Gasteiger partial charge in [0.05, 0.1) is 24.1 Å². The monoisotopic (exact) mass is 378 g/mol. The van der Waals surface area contributed by atoms with E-state index in [1.807, 2.05) is 49.4 Å². The highest BCUT2D eigenvalue weighted by Gasteiger charge is 2.48. The molecule has 4 rings (SSSR count). The van der Waals surface area contributed by atoms with Crippen LogP contribution >= 0.6 is 0 Å². The number of fused-ring (bicyclic) bond motifs is 1. The van der Waals surface area contributed by atoms with Crippen LogP contribution in [0.4, 0.5) is 0 Å². The van der Waals surface area contributed by atoms with Crippen molar-refractivity contribution in [2.45, 2.75) is 51.1 Å². The molecule has 28 heavy (non-hydrogen) atoms. The Hall–Kier alpha value is -2.69. The molecule has 0 radical (unpaired) electrons. The van der Waals surface area contributed by atoms with Crippen molar-refractivity contribution < 1.29 is 14.3 Å². The number of amides is 1. The maximum atomic E-state index is 13.5. The number of likely N-dealkylation sites (tertiary alicyclic amines) is 1. The number of nitrogens with zero attached hydrogens (tertiary/aromatic N) is 2. The van der Waals surface area contributed by atoms with Gasteiger partial charge < -0.3 is 9.64 Å². The SMILES string of the molecule is COC(=O)[C@@H]1C[C@@H]2CCCC[C@@H]2N1C(=O)c1ccc(-c2ccccc2)nc1C. The second kappa shape index (κ2) is 7.74. The molecule has 1 aliphatic carbocycles. The summed E-state index contributed by atoms with van der Waals surface area (Å²) in [6, 6.07) is 13.3. The van der Waals surface area contributed by atoms with Crippen LogP contribution in [0.2, 0.25) is 0 Å². The number of ether oxygens (including phenoxy) is 1. The molecule has 0 N–H and O–H groups in total. The molecule has 0 spiro atoms. The predicted octanol–water partition coefficient (Wildman–Crippen LogP) is 4.00. The zero-order valence-corrected chi connectivity index (χ0v) is 16.4. The van der Waals surface area contributed by atoms with Crippen LogP contribution in [0.25, 0.3) is 11.3 Å². The highest BCUT2D eigenvalue weighted by molar-refractivity contribution is 5.98. The summed E-state index contributed by atoms with van der Waals surface area (Å²) in [6.07, 6.45) is 5.01. The molecule has 5 heteroatoms. The molecule has 0 bridgehead atoms. The van der Waals surface area contributed by atoms with Crippen molar-refractivity contribution in [2.75, 3.05) is 7.11 Å². The van der Waals surface area contributed by atoms with Crippen LogP contribution in [0, 0.1) is 12.8 Å². The molecule has 146 valence electrons. The summed E-state index contributed by atoms with van der Waals surface area (Å²) in [5.74, 6) is -0.0256. The highest BCUT2D eigenvalue weighted by Crippen LogP contribution is 2.41. The maximum absolute atomic E-state index is 13.5. The van der Waals surface area contributed by atoms with E-state index in [0.29, 0.717) is 23.6 Å². The Morgan fingerprint density at radius 3 is 2.54 bits per heavy atom. The Balaban J connectivity index is 1.66. The molecule has 2 aromatic rings. The van der Waals surface area contributed by atoms with Crippen molar-refractivity contribution in [3.05, 3.63) is 53.7 Å². The number of methoxy groups -OCH3 is 1. The molecule has 2 fully saturated rings. The molecule has 1 amide bonds. The first-order valence-electron chi connectivity index (χ1n) is 10.0. The third-order valence-electron chi connectivity index (χ3n) is 6.18. The lowest BCUT2D eigenvalue weighted by atomic mass is 9.84. The minimum absolute atomic E-state index is 0.102. The molecule has 1 aromatic carbocycles. The van der Waals surface area contributed by atoms with Gasteiger partial charge in [-0.15, -0.1) is 0 Å². The summed E-state index contributed by atoms with van der Waals surface area (Å²) >= 11 is 0. The average molecular weight is 378 g/mol. The minimum Gasteiger partial charge on any atom is -0.467 e. The first kappa shape index (κ1) is 18.7. The van der Waals surface area contributed by atoms with E-state index in [2.05, 4.69) is 4.98 Å². The summed E-state index contributed by atoms with van der Waals surface area (Å²) in [6.45, 7) is 1.86. The summed E-state index contributed by atoms with van der Waals surface area (Å²) in [4.78, 5) is 32.3. The Morgan fingerprint density at radius 1 is 1.07 bits per heavy atom. The van der Waals surface area contributed by atoms with Crippen LogP contribution in [-0.4, -0.2) is 41.0 Å². The van der Waals surface area contributed by atoms with Gasteiger partial charge in [-0.05, 0) is 44.2 Å². The molecule has 2 heterocycles. The molecule has 3 atom stereocenters. The smallest absolute Gasteiger partial charge is 0.328 e. The number of hydrogen-bond acceptors (Lipinski definition) is 4. The molecule has 5 nitrogen and oxygen atoms in total. The van der Waals surface area contributed by atoms with E-state index in [4.69, 9.17) is 4.74 Å². The third kappa shape index (κ3) is 3.30. The fourth-order valence-corrected chi connectivity index (χ4v) is 4.79. The van der Waals surface area contributed by atoms with E-state index in [9.17, 15) is 9.59 Å². The minimum atomic E-state index is -0.487. The zero-order valence-electron chi connectivity index (χ0n) is 16.4.